The van der Waals surface area contributed by atoms with Crippen molar-refractivity contribution in [2.24, 2.45) is 5.92 Å². The van der Waals surface area contributed by atoms with E-state index in [2.05, 4.69) is 6.58 Å². The molecule has 0 atom stereocenters. The number of non-ortho nitro benzene ring substituents is 2. The fraction of sp³-hybridized carbons (Fsp3) is 0.333. The molecule has 1 aliphatic rings. The van der Waals surface area contributed by atoms with Gasteiger partial charge in [0.15, 0.2) is 0 Å². The summed E-state index contributed by atoms with van der Waals surface area (Å²) in [5.74, 6) is 1.27. The van der Waals surface area contributed by atoms with Gasteiger partial charge >= 0.3 is 0 Å². The summed E-state index contributed by atoms with van der Waals surface area (Å²) in [6.07, 6.45) is 7.79. The molecule has 0 bridgehead atoms. The highest BCUT2D eigenvalue weighted by atomic mass is 16.6. The van der Waals surface area contributed by atoms with Crippen molar-refractivity contribution in [1.82, 2.24) is 0 Å². The number of hydrogen-bond donors (Lipinski definition) is 0. The summed E-state index contributed by atoms with van der Waals surface area (Å²) >= 11 is 0. The molecule has 1 aliphatic carbocycles. The van der Waals surface area contributed by atoms with Crippen molar-refractivity contribution in [2.75, 3.05) is 0 Å². The molecule has 6 heteroatoms. The second-order valence-corrected chi connectivity index (χ2v) is 7.12. The summed E-state index contributed by atoms with van der Waals surface area (Å²) in [5.41, 5.74) is 1.94. The average molecular weight is 366 g/mol. The molecule has 2 aromatic carbocycles. The number of benzene rings is 2. The largest absolute Gasteiger partial charge is 0.276 e. The minimum Gasteiger partial charge on any atom is -0.258 e. The van der Waals surface area contributed by atoms with E-state index >= 15 is 0 Å². The molecular weight excluding hydrogens is 344 g/mol. The maximum atomic E-state index is 11.1. The second kappa shape index (κ2) is 8.12. The summed E-state index contributed by atoms with van der Waals surface area (Å²) < 4.78 is 0. The van der Waals surface area contributed by atoms with E-state index in [-0.39, 0.29) is 11.4 Å². The normalized spacial score (nSPS) is 19.4. The van der Waals surface area contributed by atoms with Crippen LogP contribution in [0.3, 0.4) is 0 Å². The predicted octanol–water partition coefficient (Wildman–Crippen LogP) is 6.02. The Labute approximate surface area is 157 Å². The molecule has 0 spiro atoms. The highest BCUT2D eigenvalue weighted by Crippen LogP contribution is 2.38. The number of nitrogens with zero attached hydrogens (tertiary/aromatic N) is 2. The van der Waals surface area contributed by atoms with Crippen LogP contribution in [0.5, 0.6) is 0 Å². The van der Waals surface area contributed by atoms with Crippen LogP contribution in [-0.2, 0) is 0 Å². The highest BCUT2D eigenvalue weighted by Gasteiger charge is 2.22. The second-order valence-electron chi connectivity index (χ2n) is 7.12. The van der Waals surface area contributed by atoms with Crippen molar-refractivity contribution in [2.45, 2.75) is 38.0 Å². The lowest BCUT2D eigenvalue weighted by molar-refractivity contribution is -0.394. The van der Waals surface area contributed by atoms with Crippen molar-refractivity contribution < 1.29 is 9.85 Å². The first-order valence-corrected chi connectivity index (χ1v) is 9.13. The van der Waals surface area contributed by atoms with E-state index in [1.807, 2.05) is 30.3 Å². The molecule has 0 amide bonds. The predicted molar refractivity (Wildman–Crippen MR) is 105 cm³/mol. The Hall–Kier alpha value is -3.02. The van der Waals surface area contributed by atoms with Crippen molar-refractivity contribution >= 4 is 11.4 Å². The van der Waals surface area contributed by atoms with Gasteiger partial charge in [0, 0.05) is 12.1 Å². The first-order valence-electron chi connectivity index (χ1n) is 9.13. The zero-order valence-electron chi connectivity index (χ0n) is 15.0. The minimum absolute atomic E-state index is 0.274. The molecule has 1 fully saturated rings. The lowest BCUT2D eigenvalue weighted by Crippen LogP contribution is -2.12. The number of hydrogen-bond acceptors (Lipinski definition) is 4. The van der Waals surface area contributed by atoms with E-state index < -0.39 is 9.85 Å². The smallest absolute Gasteiger partial charge is 0.258 e. The molecule has 0 radical (unpaired) electrons. The van der Waals surface area contributed by atoms with Gasteiger partial charge in [-0.15, -0.1) is 6.58 Å². The van der Waals surface area contributed by atoms with Crippen molar-refractivity contribution in [1.29, 1.82) is 0 Å². The van der Waals surface area contributed by atoms with Crippen LogP contribution in [0.25, 0.3) is 11.1 Å². The zero-order valence-corrected chi connectivity index (χ0v) is 15.0. The summed E-state index contributed by atoms with van der Waals surface area (Å²) in [5, 5.41) is 22.1. The van der Waals surface area contributed by atoms with E-state index in [1.54, 1.807) is 0 Å². The van der Waals surface area contributed by atoms with Gasteiger partial charge in [-0.3, -0.25) is 20.2 Å². The van der Waals surface area contributed by atoms with Gasteiger partial charge in [-0.2, -0.15) is 0 Å². The lowest BCUT2D eigenvalue weighted by Gasteiger charge is -2.28. The Morgan fingerprint density at radius 2 is 1.44 bits per heavy atom. The Balaban J connectivity index is 1.80. The van der Waals surface area contributed by atoms with Crippen molar-refractivity contribution in [3.05, 3.63) is 80.9 Å². The standard InChI is InChI=1S/C21H22N2O4/c1-2-3-15-4-6-16(7-5-15)17-8-10-18(11-9-17)19-12-20(22(24)25)14-21(13-19)23(26)27/h2,8-16H,1,3-7H2. The third-order valence-electron chi connectivity index (χ3n) is 5.39. The quantitative estimate of drug-likeness (QED) is 0.355. The van der Waals surface area contributed by atoms with Crippen molar-refractivity contribution in [3.8, 4) is 11.1 Å². The van der Waals surface area contributed by atoms with Gasteiger partial charge in [-0.05, 0) is 60.6 Å². The van der Waals surface area contributed by atoms with E-state index in [0.29, 0.717) is 11.5 Å². The fourth-order valence-corrected chi connectivity index (χ4v) is 3.89. The Kier molecular flexibility index (Phi) is 5.64. The van der Waals surface area contributed by atoms with E-state index in [1.165, 1.54) is 30.5 Å². The lowest BCUT2D eigenvalue weighted by atomic mass is 9.77. The van der Waals surface area contributed by atoms with Crippen LogP contribution < -0.4 is 0 Å². The molecule has 0 unspecified atom stereocenters. The van der Waals surface area contributed by atoms with Crippen LogP contribution in [0.2, 0.25) is 0 Å². The molecule has 6 nitrogen and oxygen atoms in total. The van der Waals surface area contributed by atoms with E-state index in [9.17, 15) is 20.2 Å². The van der Waals surface area contributed by atoms with E-state index in [4.69, 9.17) is 0 Å². The van der Waals surface area contributed by atoms with Crippen molar-refractivity contribution in [3.63, 3.8) is 0 Å². The number of allylic oxidation sites excluding steroid dienone is 1. The third kappa shape index (κ3) is 4.39. The summed E-state index contributed by atoms with van der Waals surface area (Å²) in [6, 6.07) is 11.6. The zero-order chi connectivity index (χ0) is 19.4. The molecule has 3 rings (SSSR count). The number of nitro groups is 2. The van der Waals surface area contributed by atoms with Crippen LogP contribution in [0.1, 0.15) is 43.6 Å². The van der Waals surface area contributed by atoms with E-state index in [0.717, 1.165) is 36.8 Å². The van der Waals surface area contributed by atoms with Gasteiger partial charge in [0.2, 0.25) is 0 Å². The summed E-state index contributed by atoms with van der Waals surface area (Å²) in [4.78, 5) is 20.9. The Morgan fingerprint density at radius 3 is 1.93 bits per heavy atom. The average Bonchev–Trinajstić information content (AvgIpc) is 2.68. The molecule has 0 aromatic heterocycles. The molecule has 2 aromatic rings. The fourth-order valence-electron chi connectivity index (χ4n) is 3.89. The molecule has 140 valence electrons. The molecule has 0 N–H and O–H groups in total. The maximum absolute atomic E-state index is 11.1. The van der Waals surface area contributed by atoms with Gasteiger partial charge in [0.05, 0.1) is 15.9 Å². The van der Waals surface area contributed by atoms with Crippen LogP contribution in [0.15, 0.2) is 55.1 Å². The van der Waals surface area contributed by atoms with Gasteiger partial charge in [-0.1, -0.05) is 30.3 Å². The Bertz CT molecular complexity index is 821. The number of nitro benzene ring substituents is 2. The SMILES string of the molecule is C=CCC1CCC(c2ccc(-c3cc([N+](=O)[O-])cc([N+](=O)[O-])c3)cc2)CC1. The highest BCUT2D eigenvalue weighted by molar-refractivity contribution is 5.70. The first kappa shape index (κ1) is 18.8. The minimum atomic E-state index is -0.605. The Morgan fingerprint density at radius 1 is 0.889 bits per heavy atom. The molecule has 0 heterocycles. The third-order valence-corrected chi connectivity index (χ3v) is 5.39. The monoisotopic (exact) mass is 366 g/mol. The van der Waals surface area contributed by atoms with Gasteiger partial charge < -0.3 is 0 Å². The van der Waals surface area contributed by atoms with Gasteiger partial charge in [-0.25, -0.2) is 0 Å². The number of rotatable bonds is 6. The summed E-state index contributed by atoms with van der Waals surface area (Å²) in [7, 11) is 0. The van der Waals surface area contributed by atoms with Crippen LogP contribution in [0, 0.1) is 26.1 Å². The van der Waals surface area contributed by atoms with Crippen LogP contribution in [0.4, 0.5) is 11.4 Å². The molecule has 1 saturated carbocycles. The topological polar surface area (TPSA) is 86.3 Å². The maximum Gasteiger partial charge on any atom is 0.276 e. The van der Waals surface area contributed by atoms with Crippen LogP contribution >= 0.6 is 0 Å². The first-order chi connectivity index (χ1) is 13.0. The van der Waals surface area contributed by atoms with Crippen LogP contribution in [-0.4, -0.2) is 9.85 Å². The van der Waals surface area contributed by atoms with Gasteiger partial charge in [0.1, 0.15) is 0 Å². The molecule has 0 aliphatic heterocycles. The summed E-state index contributed by atoms with van der Waals surface area (Å²) in [6.45, 7) is 3.82. The van der Waals surface area contributed by atoms with Gasteiger partial charge in [0.25, 0.3) is 11.4 Å². The molecular formula is C21H22N2O4. The molecule has 0 saturated heterocycles. The molecule has 27 heavy (non-hydrogen) atoms.